The first-order valence-electron chi connectivity index (χ1n) is 10.3. The largest absolute Gasteiger partial charge is 0.457 e. The molecule has 2 aromatic heterocycles. The van der Waals surface area contributed by atoms with Gasteiger partial charge in [-0.05, 0) is 37.1 Å². The molecule has 4 aromatic rings. The Hall–Kier alpha value is -3.34. The van der Waals surface area contributed by atoms with Crippen LogP contribution in [0.2, 0.25) is 0 Å². The minimum atomic E-state index is 0.513. The van der Waals surface area contributed by atoms with E-state index in [1.807, 2.05) is 71.5 Å². The number of anilines is 1. The number of benzene rings is 2. The van der Waals surface area contributed by atoms with Crippen LogP contribution in [-0.2, 0) is 0 Å². The molecule has 1 N–H and O–H groups in total. The van der Waals surface area contributed by atoms with Crippen molar-refractivity contribution in [2.24, 2.45) is 0 Å². The van der Waals surface area contributed by atoms with Gasteiger partial charge in [0.2, 0.25) is 0 Å². The zero-order valence-corrected chi connectivity index (χ0v) is 16.3. The Morgan fingerprint density at radius 3 is 2.52 bits per heavy atom. The number of nitrogens with one attached hydrogen (secondary N) is 1. The molecule has 5 nitrogen and oxygen atoms in total. The highest BCUT2D eigenvalue weighted by molar-refractivity contribution is 5.81. The molecular weight excluding hydrogens is 360 g/mol. The van der Waals surface area contributed by atoms with Crippen LogP contribution >= 0.6 is 0 Å². The van der Waals surface area contributed by atoms with E-state index in [1.165, 1.54) is 32.1 Å². The number of nitrogens with zero attached hydrogens (tertiary/aromatic N) is 3. The Balaban J connectivity index is 1.49. The molecule has 1 fully saturated rings. The molecule has 0 bridgehead atoms. The second-order valence-corrected chi connectivity index (χ2v) is 7.53. The standard InChI is InChI=1S/C24H24N4O/c1-3-9-18(10-4-1)26-23-15-16-28-24(27-23)21(17-25-28)20-13-7-8-14-22(20)29-19-11-5-2-6-12-19/h2,5-8,11-18H,1,3-4,9-10H2,(H,26,27). The van der Waals surface area contributed by atoms with Gasteiger partial charge in [-0.25, -0.2) is 9.50 Å². The van der Waals surface area contributed by atoms with E-state index >= 15 is 0 Å². The van der Waals surface area contributed by atoms with Gasteiger partial charge in [0.15, 0.2) is 5.65 Å². The fourth-order valence-electron chi connectivity index (χ4n) is 3.99. The number of aromatic nitrogens is 3. The predicted molar refractivity (Wildman–Crippen MR) is 115 cm³/mol. The van der Waals surface area contributed by atoms with Crippen molar-refractivity contribution < 1.29 is 4.74 Å². The molecule has 0 spiro atoms. The summed E-state index contributed by atoms with van der Waals surface area (Å²) in [5.74, 6) is 2.51. The van der Waals surface area contributed by atoms with E-state index in [9.17, 15) is 0 Å². The third kappa shape index (κ3) is 3.81. The minimum absolute atomic E-state index is 0.513. The highest BCUT2D eigenvalue weighted by Crippen LogP contribution is 2.35. The number of ether oxygens (including phenoxy) is 1. The van der Waals surface area contributed by atoms with Crippen LogP contribution in [0.4, 0.5) is 5.82 Å². The lowest BCUT2D eigenvalue weighted by atomic mass is 9.95. The van der Waals surface area contributed by atoms with Gasteiger partial charge in [-0.1, -0.05) is 55.7 Å². The summed E-state index contributed by atoms with van der Waals surface area (Å²) in [4.78, 5) is 4.89. The van der Waals surface area contributed by atoms with E-state index in [0.717, 1.165) is 34.1 Å². The smallest absolute Gasteiger partial charge is 0.165 e. The van der Waals surface area contributed by atoms with Crippen LogP contribution in [0.25, 0.3) is 16.8 Å². The molecule has 2 aromatic carbocycles. The number of hydrogen-bond acceptors (Lipinski definition) is 4. The molecule has 1 saturated carbocycles. The van der Waals surface area contributed by atoms with Gasteiger partial charge in [0.05, 0.1) is 11.8 Å². The van der Waals surface area contributed by atoms with Crippen LogP contribution in [0.3, 0.4) is 0 Å². The van der Waals surface area contributed by atoms with Crippen molar-refractivity contribution in [3.8, 4) is 22.6 Å². The Morgan fingerprint density at radius 2 is 1.66 bits per heavy atom. The molecule has 5 heteroatoms. The molecule has 29 heavy (non-hydrogen) atoms. The monoisotopic (exact) mass is 384 g/mol. The SMILES string of the molecule is c1ccc(Oc2ccccc2-c2cnn3ccc(NC4CCCCC4)nc23)cc1. The first kappa shape index (κ1) is 17.7. The molecule has 1 aliphatic carbocycles. The molecular formula is C24H24N4O. The summed E-state index contributed by atoms with van der Waals surface area (Å²) in [5, 5.41) is 8.11. The molecule has 5 rings (SSSR count). The molecule has 1 aliphatic rings. The number of rotatable bonds is 5. The third-order valence-corrected chi connectivity index (χ3v) is 5.47. The Labute approximate surface area is 170 Å². The zero-order chi connectivity index (χ0) is 19.5. The van der Waals surface area contributed by atoms with Gasteiger partial charge in [0.1, 0.15) is 17.3 Å². The lowest BCUT2D eigenvalue weighted by molar-refractivity contribution is 0.462. The van der Waals surface area contributed by atoms with Crippen LogP contribution in [0, 0.1) is 0 Å². The summed E-state index contributed by atoms with van der Waals surface area (Å²) in [5.41, 5.74) is 2.77. The van der Waals surface area contributed by atoms with Crippen molar-refractivity contribution in [1.82, 2.24) is 14.6 Å². The van der Waals surface area contributed by atoms with Crippen LogP contribution in [0.15, 0.2) is 73.1 Å². The molecule has 146 valence electrons. The van der Waals surface area contributed by atoms with Crippen molar-refractivity contribution in [3.63, 3.8) is 0 Å². The van der Waals surface area contributed by atoms with Crippen molar-refractivity contribution in [2.45, 2.75) is 38.1 Å². The van der Waals surface area contributed by atoms with Crippen LogP contribution < -0.4 is 10.1 Å². The Kier molecular flexibility index (Phi) is 4.87. The van der Waals surface area contributed by atoms with Gasteiger partial charge in [-0.15, -0.1) is 0 Å². The summed E-state index contributed by atoms with van der Waals surface area (Å²) >= 11 is 0. The topological polar surface area (TPSA) is 51.5 Å². The maximum absolute atomic E-state index is 6.15. The van der Waals surface area contributed by atoms with Gasteiger partial charge in [0, 0.05) is 17.8 Å². The predicted octanol–water partition coefficient (Wildman–Crippen LogP) is 5.93. The number of para-hydroxylation sites is 2. The molecule has 0 unspecified atom stereocenters. The first-order chi connectivity index (χ1) is 14.4. The molecule has 0 atom stereocenters. The average molecular weight is 384 g/mol. The second-order valence-electron chi connectivity index (χ2n) is 7.53. The van der Waals surface area contributed by atoms with Gasteiger partial charge < -0.3 is 10.1 Å². The molecule has 0 aliphatic heterocycles. The van der Waals surface area contributed by atoms with Crippen molar-refractivity contribution in [1.29, 1.82) is 0 Å². The maximum Gasteiger partial charge on any atom is 0.165 e. The van der Waals surface area contributed by atoms with E-state index in [2.05, 4.69) is 16.5 Å². The Morgan fingerprint density at radius 1 is 0.862 bits per heavy atom. The normalized spacial score (nSPS) is 14.8. The molecule has 2 heterocycles. The number of hydrogen-bond donors (Lipinski definition) is 1. The van der Waals surface area contributed by atoms with E-state index in [4.69, 9.17) is 9.72 Å². The molecule has 0 amide bonds. The van der Waals surface area contributed by atoms with Crippen molar-refractivity contribution in [3.05, 3.63) is 73.1 Å². The minimum Gasteiger partial charge on any atom is -0.457 e. The van der Waals surface area contributed by atoms with Gasteiger partial charge in [-0.2, -0.15) is 5.10 Å². The van der Waals surface area contributed by atoms with Crippen molar-refractivity contribution >= 4 is 11.5 Å². The van der Waals surface area contributed by atoms with Crippen LogP contribution in [0.5, 0.6) is 11.5 Å². The Bertz CT molecular complexity index is 1100. The van der Waals surface area contributed by atoms with Gasteiger partial charge in [-0.3, -0.25) is 0 Å². The lowest BCUT2D eigenvalue weighted by Crippen LogP contribution is -2.22. The van der Waals surface area contributed by atoms with Crippen LogP contribution in [0.1, 0.15) is 32.1 Å². The second kappa shape index (κ2) is 7.95. The summed E-state index contributed by atoms with van der Waals surface area (Å²) in [6.07, 6.45) is 10.2. The van der Waals surface area contributed by atoms with Gasteiger partial charge >= 0.3 is 0 Å². The van der Waals surface area contributed by atoms with E-state index < -0.39 is 0 Å². The molecule has 0 radical (unpaired) electrons. The van der Waals surface area contributed by atoms with E-state index in [-0.39, 0.29) is 0 Å². The first-order valence-corrected chi connectivity index (χ1v) is 10.3. The summed E-state index contributed by atoms with van der Waals surface area (Å²) in [7, 11) is 0. The fourth-order valence-corrected chi connectivity index (χ4v) is 3.99. The van der Waals surface area contributed by atoms with E-state index in [1.54, 1.807) is 0 Å². The average Bonchev–Trinajstić information content (AvgIpc) is 3.19. The summed E-state index contributed by atoms with van der Waals surface area (Å²) < 4.78 is 7.97. The van der Waals surface area contributed by atoms with E-state index in [0.29, 0.717) is 6.04 Å². The summed E-state index contributed by atoms with van der Waals surface area (Å²) in [6, 6.07) is 20.4. The highest BCUT2D eigenvalue weighted by Gasteiger charge is 2.16. The van der Waals surface area contributed by atoms with Gasteiger partial charge in [0.25, 0.3) is 0 Å². The molecule has 0 saturated heterocycles. The summed E-state index contributed by atoms with van der Waals surface area (Å²) in [6.45, 7) is 0. The third-order valence-electron chi connectivity index (χ3n) is 5.47. The fraction of sp³-hybridized carbons (Fsp3) is 0.250. The van der Waals surface area contributed by atoms with Crippen LogP contribution in [-0.4, -0.2) is 20.6 Å². The lowest BCUT2D eigenvalue weighted by Gasteiger charge is -2.23. The zero-order valence-electron chi connectivity index (χ0n) is 16.3. The maximum atomic E-state index is 6.15. The highest BCUT2D eigenvalue weighted by atomic mass is 16.5. The quantitative estimate of drug-likeness (QED) is 0.463. The number of fused-ring (bicyclic) bond motifs is 1. The van der Waals surface area contributed by atoms with Crippen molar-refractivity contribution in [2.75, 3.05) is 5.32 Å².